The minimum Gasteiger partial charge on any atom is -0.495 e. The third-order valence-corrected chi connectivity index (χ3v) is 6.78. The van der Waals surface area contributed by atoms with Crippen molar-refractivity contribution in [2.24, 2.45) is 0 Å². The minimum absolute atomic E-state index is 0.00534. The molecule has 10 nitrogen and oxygen atoms in total. The maximum atomic E-state index is 12.6. The molecule has 0 saturated carbocycles. The number of morpholine rings is 1. The fraction of sp³-hybridized carbons (Fsp3) is 0.500. The van der Waals surface area contributed by atoms with E-state index < -0.39 is 10.0 Å². The second kappa shape index (κ2) is 10.1. The lowest BCUT2D eigenvalue weighted by molar-refractivity contribution is 0.0378. The molecule has 1 aromatic heterocycles. The maximum Gasteiger partial charge on any atom is 0.246 e. The van der Waals surface area contributed by atoms with Crippen molar-refractivity contribution in [2.75, 3.05) is 65.9 Å². The second-order valence-electron chi connectivity index (χ2n) is 7.20. The summed E-state index contributed by atoms with van der Waals surface area (Å²) in [6.45, 7) is 4.89. The Kier molecular flexibility index (Phi) is 7.50. The molecule has 1 fully saturated rings. The summed E-state index contributed by atoms with van der Waals surface area (Å²) >= 11 is 0. The molecule has 168 valence electrons. The van der Waals surface area contributed by atoms with Crippen molar-refractivity contribution in [3.8, 4) is 23.3 Å². The predicted octanol–water partition coefficient (Wildman–Crippen LogP) is 1.61. The summed E-state index contributed by atoms with van der Waals surface area (Å²) in [4.78, 5) is 6.54. The van der Waals surface area contributed by atoms with Gasteiger partial charge in [0, 0.05) is 39.3 Å². The molecule has 31 heavy (non-hydrogen) atoms. The van der Waals surface area contributed by atoms with Crippen LogP contribution in [0, 0.1) is 11.3 Å². The van der Waals surface area contributed by atoms with Gasteiger partial charge in [-0.3, -0.25) is 4.90 Å². The van der Waals surface area contributed by atoms with Crippen molar-refractivity contribution < 1.29 is 22.3 Å². The summed E-state index contributed by atoms with van der Waals surface area (Å²) in [5.74, 6) is 0.642. The molecule has 2 heterocycles. The van der Waals surface area contributed by atoms with E-state index in [-0.39, 0.29) is 28.1 Å². The number of methoxy groups -OCH3 is 1. The number of rotatable bonds is 9. The van der Waals surface area contributed by atoms with Gasteiger partial charge in [-0.2, -0.15) is 10.2 Å². The Morgan fingerprint density at radius 3 is 2.71 bits per heavy atom. The molecule has 1 aliphatic heterocycles. The molecule has 0 radical (unpaired) electrons. The number of aromatic nitrogens is 1. The summed E-state index contributed by atoms with van der Waals surface area (Å²) in [6, 6.07) is 6.63. The molecule has 2 aromatic rings. The third-order valence-electron chi connectivity index (χ3n) is 4.94. The second-order valence-corrected chi connectivity index (χ2v) is 9.32. The largest absolute Gasteiger partial charge is 0.495 e. The van der Waals surface area contributed by atoms with Crippen molar-refractivity contribution >= 4 is 15.9 Å². The lowest BCUT2D eigenvalue weighted by atomic mass is 10.2. The van der Waals surface area contributed by atoms with Crippen LogP contribution in [0.3, 0.4) is 0 Å². The van der Waals surface area contributed by atoms with Gasteiger partial charge in [0.2, 0.25) is 27.5 Å². The van der Waals surface area contributed by atoms with E-state index in [0.717, 1.165) is 43.6 Å². The van der Waals surface area contributed by atoms with Gasteiger partial charge in [0.05, 0.1) is 20.3 Å². The fourth-order valence-electron chi connectivity index (χ4n) is 3.18. The zero-order valence-electron chi connectivity index (χ0n) is 17.9. The summed E-state index contributed by atoms with van der Waals surface area (Å²) < 4.78 is 42.7. The highest BCUT2D eigenvalue weighted by Crippen LogP contribution is 2.32. The molecule has 0 atom stereocenters. The number of benzene rings is 1. The first-order valence-corrected chi connectivity index (χ1v) is 11.4. The average Bonchev–Trinajstić information content (AvgIpc) is 3.20. The molecule has 3 rings (SSSR count). The van der Waals surface area contributed by atoms with E-state index in [1.807, 2.05) is 6.07 Å². The number of nitrogens with zero attached hydrogens (tertiary/aromatic N) is 4. The average molecular weight is 450 g/mol. The molecule has 11 heteroatoms. The van der Waals surface area contributed by atoms with Crippen molar-refractivity contribution in [3.63, 3.8) is 0 Å². The Morgan fingerprint density at radius 2 is 2.06 bits per heavy atom. The monoisotopic (exact) mass is 449 g/mol. The molecule has 0 aliphatic carbocycles. The molecular formula is C20H27N5O5S. The van der Waals surface area contributed by atoms with E-state index in [1.165, 1.54) is 33.3 Å². The molecule has 1 aromatic carbocycles. The van der Waals surface area contributed by atoms with Gasteiger partial charge >= 0.3 is 0 Å². The quantitative estimate of drug-likeness (QED) is 0.569. The zero-order chi connectivity index (χ0) is 22.4. The fourth-order valence-corrected chi connectivity index (χ4v) is 4.25. The minimum atomic E-state index is -3.74. The first-order valence-electron chi connectivity index (χ1n) is 9.92. The van der Waals surface area contributed by atoms with Crippen molar-refractivity contribution in [1.82, 2.24) is 14.2 Å². The number of hydrogen-bond acceptors (Lipinski definition) is 9. The standard InChI is InChI=1S/C20H27N5O5S/c1-24(2)31(26,27)18-13-15(5-6-17(18)28-3)19-23-16(14-21)20(30-19)22-7-4-8-25-9-11-29-12-10-25/h5-6,13,22H,4,7-12H2,1-3H3. The topological polar surface area (TPSA) is 121 Å². The van der Waals surface area contributed by atoms with Crippen LogP contribution in [0.1, 0.15) is 12.1 Å². The SMILES string of the molecule is COc1ccc(-c2nc(C#N)c(NCCCN3CCOCC3)o2)cc1S(=O)(=O)N(C)C. The first kappa shape index (κ1) is 23.0. The molecule has 1 saturated heterocycles. The summed E-state index contributed by atoms with van der Waals surface area (Å²) in [6.07, 6.45) is 0.870. The highest BCUT2D eigenvalue weighted by molar-refractivity contribution is 7.89. The molecule has 0 spiro atoms. The van der Waals surface area contributed by atoms with Crippen LogP contribution in [0.4, 0.5) is 5.88 Å². The normalized spacial score (nSPS) is 15.1. The van der Waals surface area contributed by atoms with Gasteiger partial charge in [-0.05, 0) is 31.2 Å². The van der Waals surface area contributed by atoms with Gasteiger partial charge in [0.1, 0.15) is 16.7 Å². The maximum absolute atomic E-state index is 12.6. The number of sulfonamides is 1. The van der Waals surface area contributed by atoms with E-state index in [2.05, 4.69) is 15.2 Å². The lowest BCUT2D eigenvalue weighted by Gasteiger charge is -2.26. The van der Waals surface area contributed by atoms with Crippen LogP contribution in [0.2, 0.25) is 0 Å². The highest BCUT2D eigenvalue weighted by atomic mass is 32.2. The smallest absolute Gasteiger partial charge is 0.246 e. The van der Waals surface area contributed by atoms with Gasteiger partial charge < -0.3 is 19.2 Å². The van der Waals surface area contributed by atoms with E-state index >= 15 is 0 Å². The van der Waals surface area contributed by atoms with E-state index in [4.69, 9.17) is 13.9 Å². The van der Waals surface area contributed by atoms with Crippen LogP contribution < -0.4 is 10.1 Å². The van der Waals surface area contributed by atoms with Crippen molar-refractivity contribution in [3.05, 3.63) is 23.9 Å². The van der Waals surface area contributed by atoms with Crippen LogP contribution in [-0.4, -0.2) is 83.2 Å². The molecule has 1 aliphatic rings. The summed E-state index contributed by atoms with van der Waals surface area (Å²) in [5, 5.41) is 12.5. The number of oxazole rings is 1. The molecule has 1 N–H and O–H groups in total. The number of nitrogens with one attached hydrogen (secondary N) is 1. The van der Waals surface area contributed by atoms with Gasteiger partial charge in [-0.1, -0.05) is 0 Å². The Morgan fingerprint density at radius 1 is 1.32 bits per heavy atom. The third kappa shape index (κ3) is 5.34. The van der Waals surface area contributed by atoms with Crippen molar-refractivity contribution in [2.45, 2.75) is 11.3 Å². The first-order chi connectivity index (χ1) is 14.9. The lowest BCUT2D eigenvalue weighted by Crippen LogP contribution is -2.37. The number of ether oxygens (including phenoxy) is 2. The Bertz CT molecular complexity index is 1040. The number of anilines is 1. The van der Waals surface area contributed by atoms with Gasteiger partial charge in [0.15, 0.2) is 0 Å². The van der Waals surface area contributed by atoms with Gasteiger partial charge in [-0.15, -0.1) is 0 Å². The zero-order valence-corrected chi connectivity index (χ0v) is 18.7. The van der Waals surface area contributed by atoms with Crippen LogP contribution in [0.5, 0.6) is 5.75 Å². The summed E-state index contributed by atoms with van der Waals surface area (Å²) in [7, 11) is 0.549. The predicted molar refractivity (Wildman–Crippen MR) is 114 cm³/mol. The molecule has 0 amide bonds. The Balaban J connectivity index is 1.76. The van der Waals surface area contributed by atoms with Crippen LogP contribution in [0.15, 0.2) is 27.5 Å². The van der Waals surface area contributed by atoms with E-state index in [9.17, 15) is 13.7 Å². The number of hydrogen-bond donors (Lipinski definition) is 1. The van der Waals surface area contributed by atoms with Gasteiger partial charge in [0.25, 0.3) is 0 Å². The van der Waals surface area contributed by atoms with E-state index in [0.29, 0.717) is 12.1 Å². The molecular weight excluding hydrogens is 422 g/mol. The molecule has 0 bridgehead atoms. The Labute approximate surface area is 182 Å². The summed E-state index contributed by atoms with van der Waals surface area (Å²) in [5.41, 5.74) is 0.549. The van der Waals surface area contributed by atoms with Crippen LogP contribution in [0.25, 0.3) is 11.5 Å². The molecule has 0 unspecified atom stereocenters. The number of nitriles is 1. The van der Waals surface area contributed by atoms with Crippen LogP contribution >= 0.6 is 0 Å². The Hall–Kier alpha value is -2.65. The van der Waals surface area contributed by atoms with Crippen molar-refractivity contribution in [1.29, 1.82) is 5.26 Å². The van der Waals surface area contributed by atoms with E-state index in [1.54, 1.807) is 6.07 Å². The highest BCUT2D eigenvalue weighted by Gasteiger charge is 2.24. The van der Waals surface area contributed by atoms with Gasteiger partial charge in [-0.25, -0.2) is 12.7 Å². The van der Waals surface area contributed by atoms with Crippen LogP contribution in [-0.2, 0) is 14.8 Å².